The van der Waals surface area contributed by atoms with Gasteiger partial charge in [0.25, 0.3) is 0 Å². The minimum absolute atomic E-state index is 0.291. The van der Waals surface area contributed by atoms with Crippen molar-refractivity contribution in [1.29, 1.82) is 0 Å². The molecule has 2 rings (SSSR count). The summed E-state index contributed by atoms with van der Waals surface area (Å²) < 4.78 is 0. The predicted octanol–water partition coefficient (Wildman–Crippen LogP) is 4.63. The van der Waals surface area contributed by atoms with Crippen molar-refractivity contribution in [2.24, 2.45) is 0 Å². The zero-order valence-electron chi connectivity index (χ0n) is 11.0. The largest absolute Gasteiger partial charge is 0.363 e. The molecular formula is C15H16ClNOS. The third-order valence-corrected chi connectivity index (χ3v) is 4.05. The fourth-order valence-electron chi connectivity index (χ4n) is 1.98. The van der Waals surface area contributed by atoms with E-state index in [-0.39, 0.29) is 0 Å². The van der Waals surface area contributed by atoms with Crippen molar-refractivity contribution in [3.05, 3.63) is 51.2 Å². The Morgan fingerprint density at radius 1 is 1.37 bits per heavy atom. The van der Waals surface area contributed by atoms with Crippen LogP contribution in [-0.4, -0.2) is 12.3 Å². The van der Waals surface area contributed by atoms with E-state index in [1.54, 1.807) is 23.5 Å². The summed E-state index contributed by atoms with van der Waals surface area (Å²) >= 11 is 7.78. The number of nitrogens with zero attached hydrogens (tertiary/aromatic N) is 1. The van der Waals surface area contributed by atoms with Gasteiger partial charge in [0.15, 0.2) is 6.29 Å². The molecule has 0 N–H and O–H groups in total. The van der Waals surface area contributed by atoms with Crippen LogP contribution < -0.4 is 4.90 Å². The maximum Gasteiger partial charge on any atom is 0.152 e. The van der Waals surface area contributed by atoms with Gasteiger partial charge in [-0.3, -0.25) is 4.79 Å². The second-order valence-corrected chi connectivity index (χ2v) is 6.09. The van der Waals surface area contributed by atoms with Crippen LogP contribution in [0.25, 0.3) is 0 Å². The molecule has 0 spiro atoms. The zero-order chi connectivity index (χ0) is 13.8. The standard InChI is InChI=1S/C15H16ClNOS/c1-11(2)17(9-14-4-3-7-19-14)15-8-13(16)6-5-12(15)10-18/h3-8,10-11H,9H2,1-2H3. The topological polar surface area (TPSA) is 20.3 Å². The maximum absolute atomic E-state index is 11.2. The summed E-state index contributed by atoms with van der Waals surface area (Å²) in [7, 11) is 0. The van der Waals surface area contributed by atoms with Crippen molar-refractivity contribution in [3.8, 4) is 0 Å². The number of halogens is 1. The number of carbonyl (C=O) groups excluding carboxylic acids is 1. The highest BCUT2D eigenvalue weighted by atomic mass is 35.5. The van der Waals surface area contributed by atoms with E-state index in [0.717, 1.165) is 18.5 Å². The van der Waals surface area contributed by atoms with Crippen molar-refractivity contribution >= 4 is 34.9 Å². The van der Waals surface area contributed by atoms with Gasteiger partial charge in [0.2, 0.25) is 0 Å². The molecule has 0 saturated carbocycles. The van der Waals surface area contributed by atoms with Crippen molar-refractivity contribution in [2.75, 3.05) is 4.90 Å². The van der Waals surface area contributed by atoms with Gasteiger partial charge in [-0.15, -0.1) is 11.3 Å². The van der Waals surface area contributed by atoms with Crippen LogP contribution in [0.5, 0.6) is 0 Å². The van der Waals surface area contributed by atoms with Crippen LogP contribution in [0.3, 0.4) is 0 Å². The molecule has 0 saturated heterocycles. The van der Waals surface area contributed by atoms with E-state index in [2.05, 4.69) is 30.2 Å². The van der Waals surface area contributed by atoms with Gasteiger partial charge in [0.05, 0.1) is 6.54 Å². The first kappa shape index (κ1) is 14.1. The van der Waals surface area contributed by atoms with E-state index in [1.807, 2.05) is 12.1 Å². The van der Waals surface area contributed by atoms with Crippen LogP contribution in [0, 0.1) is 0 Å². The highest BCUT2D eigenvalue weighted by molar-refractivity contribution is 7.09. The van der Waals surface area contributed by atoms with Crippen LogP contribution in [0.2, 0.25) is 5.02 Å². The maximum atomic E-state index is 11.2. The minimum atomic E-state index is 0.291. The Morgan fingerprint density at radius 2 is 2.16 bits per heavy atom. The summed E-state index contributed by atoms with van der Waals surface area (Å²) in [6.45, 7) is 5.02. The molecule has 0 aliphatic heterocycles. The smallest absolute Gasteiger partial charge is 0.152 e. The van der Waals surface area contributed by atoms with E-state index in [4.69, 9.17) is 11.6 Å². The molecule has 0 amide bonds. The number of anilines is 1. The first-order valence-electron chi connectivity index (χ1n) is 6.15. The van der Waals surface area contributed by atoms with Crippen LogP contribution in [0.4, 0.5) is 5.69 Å². The van der Waals surface area contributed by atoms with E-state index < -0.39 is 0 Å². The molecular weight excluding hydrogens is 278 g/mol. The number of hydrogen-bond donors (Lipinski definition) is 0. The lowest BCUT2D eigenvalue weighted by atomic mass is 10.1. The van der Waals surface area contributed by atoms with Crippen molar-refractivity contribution < 1.29 is 4.79 Å². The lowest BCUT2D eigenvalue weighted by Crippen LogP contribution is -2.30. The number of thiophene rings is 1. The monoisotopic (exact) mass is 293 g/mol. The Balaban J connectivity index is 2.38. The van der Waals surface area contributed by atoms with E-state index in [9.17, 15) is 4.79 Å². The molecule has 0 bridgehead atoms. The molecule has 0 aliphatic carbocycles. The van der Waals surface area contributed by atoms with Crippen molar-refractivity contribution in [2.45, 2.75) is 26.4 Å². The predicted molar refractivity (Wildman–Crippen MR) is 82.5 cm³/mol. The lowest BCUT2D eigenvalue weighted by Gasteiger charge is -2.29. The summed E-state index contributed by atoms with van der Waals surface area (Å²) in [5.74, 6) is 0. The van der Waals surface area contributed by atoms with Crippen molar-refractivity contribution in [1.82, 2.24) is 0 Å². The summed E-state index contributed by atoms with van der Waals surface area (Å²) in [6.07, 6.45) is 0.884. The van der Waals surface area contributed by atoms with Gasteiger partial charge in [-0.1, -0.05) is 17.7 Å². The molecule has 4 heteroatoms. The highest BCUT2D eigenvalue weighted by Crippen LogP contribution is 2.28. The Morgan fingerprint density at radius 3 is 2.74 bits per heavy atom. The second kappa shape index (κ2) is 6.22. The highest BCUT2D eigenvalue weighted by Gasteiger charge is 2.15. The zero-order valence-corrected chi connectivity index (χ0v) is 12.5. The van der Waals surface area contributed by atoms with Gasteiger partial charge < -0.3 is 4.90 Å². The number of carbonyl (C=O) groups is 1. The van der Waals surface area contributed by atoms with E-state index in [1.165, 1.54) is 4.88 Å². The van der Waals surface area contributed by atoms with E-state index in [0.29, 0.717) is 16.6 Å². The van der Waals surface area contributed by atoms with Crippen LogP contribution in [-0.2, 0) is 6.54 Å². The average Bonchev–Trinajstić information content (AvgIpc) is 2.88. The molecule has 0 atom stereocenters. The first-order valence-corrected chi connectivity index (χ1v) is 7.41. The van der Waals surface area contributed by atoms with Gasteiger partial charge in [-0.25, -0.2) is 0 Å². The summed E-state index contributed by atoms with van der Waals surface area (Å²) in [5, 5.41) is 2.71. The number of benzene rings is 1. The molecule has 0 aliphatic rings. The van der Waals surface area contributed by atoms with Crippen LogP contribution in [0.1, 0.15) is 29.1 Å². The molecule has 2 aromatic rings. The molecule has 1 aromatic carbocycles. The fraction of sp³-hybridized carbons (Fsp3) is 0.267. The Hall–Kier alpha value is -1.32. The van der Waals surface area contributed by atoms with Gasteiger partial charge in [0, 0.05) is 27.2 Å². The molecule has 1 heterocycles. The number of hydrogen-bond acceptors (Lipinski definition) is 3. The molecule has 2 nitrogen and oxygen atoms in total. The Labute approximate surface area is 122 Å². The number of aldehydes is 1. The molecule has 0 radical (unpaired) electrons. The molecule has 1 aromatic heterocycles. The third-order valence-electron chi connectivity index (χ3n) is 2.96. The molecule has 0 fully saturated rings. The minimum Gasteiger partial charge on any atom is -0.363 e. The Kier molecular flexibility index (Phi) is 4.61. The van der Waals surface area contributed by atoms with Gasteiger partial charge in [0.1, 0.15) is 0 Å². The summed E-state index contributed by atoms with van der Waals surface area (Å²) in [6, 6.07) is 9.81. The van der Waals surface area contributed by atoms with Crippen LogP contribution >= 0.6 is 22.9 Å². The SMILES string of the molecule is CC(C)N(Cc1cccs1)c1cc(Cl)ccc1C=O. The van der Waals surface area contributed by atoms with Gasteiger partial charge >= 0.3 is 0 Å². The van der Waals surface area contributed by atoms with E-state index >= 15 is 0 Å². The average molecular weight is 294 g/mol. The quantitative estimate of drug-likeness (QED) is 0.749. The second-order valence-electron chi connectivity index (χ2n) is 4.62. The molecule has 0 unspecified atom stereocenters. The molecule has 100 valence electrons. The van der Waals surface area contributed by atoms with Crippen molar-refractivity contribution in [3.63, 3.8) is 0 Å². The molecule has 19 heavy (non-hydrogen) atoms. The lowest BCUT2D eigenvalue weighted by molar-refractivity contribution is 0.112. The Bertz CT molecular complexity index is 551. The van der Waals surface area contributed by atoms with Crippen LogP contribution in [0.15, 0.2) is 35.7 Å². The normalized spacial score (nSPS) is 10.7. The summed E-state index contributed by atoms with van der Waals surface area (Å²) in [5.41, 5.74) is 1.57. The summed E-state index contributed by atoms with van der Waals surface area (Å²) in [4.78, 5) is 14.7. The van der Waals surface area contributed by atoms with Gasteiger partial charge in [-0.05, 0) is 43.5 Å². The third kappa shape index (κ3) is 3.37. The number of rotatable bonds is 5. The fourth-order valence-corrected chi connectivity index (χ4v) is 2.85. The van der Waals surface area contributed by atoms with Gasteiger partial charge in [-0.2, -0.15) is 0 Å². The first-order chi connectivity index (χ1) is 9.11.